The molecular weight excluding hydrogens is 236 g/mol. The molecule has 0 aliphatic heterocycles. The summed E-state index contributed by atoms with van der Waals surface area (Å²) in [7, 11) is 0. The number of fused-ring (bicyclic) bond motifs is 1. The molecule has 0 fully saturated rings. The molecule has 0 radical (unpaired) electrons. The van der Waals surface area contributed by atoms with Crippen LogP contribution in [0.3, 0.4) is 0 Å². The van der Waals surface area contributed by atoms with Gasteiger partial charge in [0.25, 0.3) is 0 Å². The second kappa shape index (κ2) is 6.34. The highest BCUT2D eigenvalue weighted by Gasteiger charge is 2.03. The van der Waals surface area contributed by atoms with Crippen molar-refractivity contribution in [2.75, 3.05) is 11.9 Å². The number of anilines is 1. The molecule has 0 saturated carbocycles. The number of rotatable bonds is 5. The summed E-state index contributed by atoms with van der Waals surface area (Å²) in [5.74, 6) is 0.0448. The smallest absolute Gasteiger partial charge is 0.225 e. The van der Waals surface area contributed by atoms with Crippen molar-refractivity contribution in [1.82, 2.24) is 5.32 Å². The third-order valence-electron chi connectivity index (χ3n) is 2.94. The molecule has 0 unspecified atom stereocenters. The summed E-state index contributed by atoms with van der Waals surface area (Å²) in [6.07, 6.45) is 0.491. The summed E-state index contributed by atoms with van der Waals surface area (Å²) in [5, 5.41) is 8.48. The standard InChI is InChI=1S/C16H20N2O/c1-12(2)17-10-9-16(19)18-15-8-7-13-5-3-4-6-14(13)11-15/h3-8,11-12,17H,9-10H2,1-2H3,(H,18,19). The van der Waals surface area contributed by atoms with E-state index in [4.69, 9.17) is 0 Å². The van der Waals surface area contributed by atoms with Gasteiger partial charge in [0.05, 0.1) is 0 Å². The highest BCUT2D eigenvalue weighted by atomic mass is 16.1. The lowest BCUT2D eigenvalue weighted by Gasteiger charge is -2.09. The van der Waals surface area contributed by atoms with Gasteiger partial charge in [-0.3, -0.25) is 4.79 Å². The number of benzene rings is 2. The monoisotopic (exact) mass is 256 g/mol. The number of amides is 1. The number of hydrogen-bond donors (Lipinski definition) is 2. The fourth-order valence-corrected chi connectivity index (χ4v) is 1.96. The van der Waals surface area contributed by atoms with Gasteiger partial charge in [-0.15, -0.1) is 0 Å². The van der Waals surface area contributed by atoms with Gasteiger partial charge in [-0.1, -0.05) is 44.2 Å². The van der Waals surface area contributed by atoms with Gasteiger partial charge in [-0.05, 0) is 22.9 Å². The van der Waals surface area contributed by atoms with Crippen LogP contribution in [0.5, 0.6) is 0 Å². The molecule has 0 aliphatic rings. The van der Waals surface area contributed by atoms with E-state index in [1.165, 1.54) is 5.39 Å². The van der Waals surface area contributed by atoms with E-state index in [1.807, 2.05) is 36.4 Å². The van der Waals surface area contributed by atoms with Crippen LogP contribution in [0.4, 0.5) is 5.69 Å². The third kappa shape index (κ3) is 4.07. The van der Waals surface area contributed by atoms with Gasteiger partial charge in [-0.25, -0.2) is 0 Å². The average molecular weight is 256 g/mol. The van der Waals surface area contributed by atoms with Gasteiger partial charge in [0.1, 0.15) is 0 Å². The summed E-state index contributed by atoms with van der Waals surface area (Å²) in [6.45, 7) is 4.85. The highest BCUT2D eigenvalue weighted by molar-refractivity contribution is 5.94. The molecule has 0 atom stereocenters. The van der Waals surface area contributed by atoms with Crippen LogP contribution < -0.4 is 10.6 Å². The van der Waals surface area contributed by atoms with E-state index in [0.29, 0.717) is 19.0 Å². The van der Waals surface area contributed by atoms with Crippen LogP contribution in [0.15, 0.2) is 42.5 Å². The first-order valence-corrected chi connectivity index (χ1v) is 6.67. The lowest BCUT2D eigenvalue weighted by molar-refractivity contribution is -0.116. The van der Waals surface area contributed by atoms with Gasteiger partial charge in [0.15, 0.2) is 0 Å². The Morgan fingerprint density at radius 2 is 1.84 bits per heavy atom. The van der Waals surface area contributed by atoms with Crippen molar-refractivity contribution in [3.8, 4) is 0 Å². The zero-order chi connectivity index (χ0) is 13.7. The minimum Gasteiger partial charge on any atom is -0.326 e. The molecule has 100 valence electrons. The van der Waals surface area contributed by atoms with E-state index in [2.05, 4.69) is 30.5 Å². The topological polar surface area (TPSA) is 41.1 Å². The van der Waals surface area contributed by atoms with Gasteiger partial charge in [0.2, 0.25) is 5.91 Å². The molecule has 2 rings (SSSR count). The van der Waals surface area contributed by atoms with Crippen molar-refractivity contribution in [3.05, 3.63) is 42.5 Å². The van der Waals surface area contributed by atoms with Crippen LogP contribution in [0, 0.1) is 0 Å². The van der Waals surface area contributed by atoms with E-state index in [9.17, 15) is 4.79 Å². The van der Waals surface area contributed by atoms with Crippen molar-refractivity contribution in [2.24, 2.45) is 0 Å². The molecule has 0 heterocycles. The first-order chi connectivity index (χ1) is 9.15. The minimum atomic E-state index is 0.0448. The van der Waals surface area contributed by atoms with E-state index in [0.717, 1.165) is 11.1 Å². The molecule has 1 amide bonds. The number of hydrogen-bond acceptors (Lipinski definition) is 2. The predicted octanol–water partition coefficient (Wildman–Crippen LogP) is 3.17. The Morgan fingerprint density at radius 1 is 1.11 bits per heavy atom. The quantitative estimate of drug-likeness (QED) is 0.862. The Balaban J connectivity index is 1.95. The van der Waals surface area contributed by atoms with Crippen molar-refractivity contribution < 1.29 is 4.79 Å². The highest BCUT2D eigenvalue weighted by Crippen LogP contribution is 2.18. The summed E-state index contributed by atoms with van der Waals surface area (Å²) in [6, 6.07) is 14.5. The van der Waals surface area contributed by atoms with Gasteiger partial charge >= 0.3 is 0 Å². The van der Waals surface area contributed by atoms with E-state index >= 15 is 0 Å². The summed E-state index contributed by atoms with van der Waals surface area (Å²) in [5.41, 5.74) is 0.855. The average Bonchev–Trinajstić information content (AvgIpc) is 2.38. The molecule has 0 aliphatic carbocycles. The molecule has 0 saturated heterocycles. The first-order valence-electron chi connectivity index (χ1n) is 6.67. The maximum absolute atomic E-state index is 11.8. The maximum atomic E-state index is 11.8. The summed E-state index contributed by atoms with van der Waals surface area (Å²) in [4.78, 5) is 11.8. The second-order valence-corrected chi connectivity index (χ2v) is 4.97. The Morgan fingerprint density at radius 3 is 2.58 bits per heavy atom. The first kappa shape index (κ1) is 13.6. The molecular formula is C16H20N2O. The van der Waals surface area contributed by atoms with Gasteiger partial charge < -0.3 is 10.6 Å². The number of carbonyl (C=O) groups excluding carboxylic acids is 1. The second-order valence-electron chi connectivity index (χ2n) is 4.97. The van der Waals surface area contributed by atoms with Gasteiger partial charge in [-0.2, -0.15) is 0 Å². The van der Waals surface area contributed by atoms with Crippen LogP contribution in [0.2, 0.25) is 0 Å². The van der Waals surface area contributed by atoms with Gasteiger partial charge in [0, 0.05) is 24.7 Å². The SMILES string of the molecule is CC(C)NCCC(=O)Nc1ccc2ccccc2c1. The van der Waals surface area contributed by atoms with E-state index < -0.39 is 0 Å². The Bertz CT molecular complexity index is 563. The zero-order valence-electron chi connectivity index (χ0n) is 11.4. The fourth-order valence-electron chi connectivity index (χ4n) is 1.96. The lowest BCUT2D eigenvalue weighted by atomic mass is 10.1. The molecule has 3 heteroatoms. The van der Waals surface area contributed by atoms with Crippen LogP contribution >= 0.6 is 0 Å². The van der Waals surface area contributed by atoms with Crippen LogP contribution in [0.25, 0.3) is 10.8 Å². The van der Waals surface area contributed by atoms with Crippen molar-refractivity contribution in [2.45, 2.75) is 26.3 Å². The molecule has 2 aromatic carbocycles. The Labute approximate surface area is 114 Å². The van der Waals surface area contributed by atoms with Crippen molar-refractivity contribution >= 4 is 22.4 Å². The molecule has 0 spiro atoms. The number of carbonyl (C=O) groups is 1. The normalized spacial score (nSPS) is 10.9. The minimum absolute atomic E-state index is 0.0448. The van der Waals surface area contributed by atoms with Crippen molar-refractivity contribution in [1.29, 1.82) is 0 Å². The Hall–Kier alpha value is -1.87. The molecule has 19 heavy (non-hydrogen) atoms. The maximum Gasteiger partial charge on any atom is 0.225 e. The molecule has 2 aromatic rings. The molecule has 2 N–H and O–H groups in total. The lowest BCUT2D eigenvalue weighted by Crippen LogP contribution is -2.27. The van der Waals surface area contributed by atoms with Crippen LogP contribution in [0.1, 0.15) is 20.3 Å². The van der Waals surface area contributed by atoms with E-state index in [1.54, 1.807) is 0 Å². The third-order valence-corrected chi connectivity index (χ3v) is 2.94. The molecule has 0 bridgehead atoms. The van der Waals surface area contributed by atoms with E-state index in [-0.39, 0.29) is 5.91 Å². The molecule has 3 nitrogen and oxygen atoms in total. The summed E-state index contributed by atoms with van der Waals surface area (Å²) >= 11 is 0. The van der Waals surface area contributed by atoms with Crippen molar-refractivity contribution in [3.63, 3.8) is 0 Å². The number of nitrogens with one attached hydrogen (secondary N) is 2. The van der Waals surface area contributed by atoms with Crippen LogP contribution in [-0.4, -0.2) is 18.5 Å². The summed E-state index contributed by atoms with van der Waals surface area (Å²) < 4.78 is 0. The fraction of sp³-hybridized carbons (Fsp3) is 0.312. The Kier molecular flexibility index (Phi) is 4.53. The van der Waals surface area contributed by atoms with Crippen LogP contribution in [-0.2, 0) is 4.79 Å². The molecule has 0 aromatic heterocycles. The largest absolute Gasteiger partial charge is 0.326 e. The predicted molar refractivity (Wildman–Crippen MR) is 80.3 cm³/mol. The zero-order valence-corrected chi connectivity index (χ0v) is 11.4.